The van der Waals surface area contributed by atoms with Crippen LogP contribution >= 0.6 is 0 Å². The summed E-state index contributed by atoms with van der Waals surface area (Å²) in [5.41, 5.74) is 10.9. The molecule has 3 heteroatoms. The molecule has 0 N–H and O–H groups in total. The molecule has 0 atom stereocenters. The Bertz CT molecular complexity index is 3270. The normalized spacial score (nSPS) is 11.6. The summed E-state index contributed by atoms with van der Waals surface area (Å²) in [5, 5.41) is 9.40. The minimum atomic E-state index is 0.683. The van der Waals surface area contributed by atoms with Crippen LogP contribution < -0.4 is 0 Å². The fraction of sp³-hybridized carbons (Fsp3) is 0. The Kier molecular flexibility index (Phi) is 7.17. The van der Waals surface area contributed by atoms with E-state index in [9.17, 15) is 0 Å². The zero-order valence-electron chi connectivity index (χ0n) is 29.8. The second-order valence-corrected chi connectivity index (χ2v) is 14.2. The fourth-order valence-corrected chi connectivity index (χ4v) is 8.16. The van der Waals surface area contributed by atoms with Crippen molar-refractivity contribution in [1.29, 1.82) is 0 Å². The van der Waals surface area contributed by atoms with Crippen LogP contribution in [0.3, 0.4) is 0 Å². The standard InChI is InChI=1S/C52H32N2O/c1-2-14-34(15-3-1)52-53-48(32-49(54-52)47-31-37-17-6-7-18-41(37)43-19-8-9-20-44(43)47)40-29-38(36-26-25-33-13-4-5-16-35(33)27-36)28-39(30-40)42-22-12-23-46-45-21-10-11-24-50(45)55-51(42)46/h1-32H. The maximum Gasteiger partial charge on any atom is 0.160 e. The predicted octanol–water partition coefficient (Wildman–Crippen LogP) is 14.2. The van der Waals surface area contributed by atoms with Crippen molar-refractivity contribution in [2.45, 2.75) is 0 Å². The summed E-state index contributed by atoms with van der Waals surface area (Å²) in [6, 6.07) is 68.7. The van der Waals surface area contributed by atoms with Gasteiger partial charge in [-0.15, -0.1) is 0 Å². The number of rotatable bonds is 5. The monoisotopic (exact) mass is 700 g/mol. The van der Waals surface area contributed by atoms with Gasteiger partial charge in [-0.25, -0.2) is 9.97 Å². The average Bonchev–Trinajstić information content (AvgIpc) is 3.65. The molecule has 0 bridgehead atoms. The van der Waals surface area contributed by atoms with Gasteiger partial charge in [0.2, 0.25) is 0 Å². The van der Waals surface area contributed by atoms with Crippen LogP contribution in [0.2, 0.25) is 0 Å². The first-order valence-electron chi connectivity index (χ1n) is 18.6. The first-order valence-corrected chi connectivity index (χ1v) is 18.6. The van der Waals surface area contributed by atoms with Gasteiger partial charge in [-0.05, 0) is 91.5 Å². The number of aromatic nitrogens is 2. The largest absolute Gasteiger partial charge is 0.455 e. The zero-order chi connectivity index (χ0) is 36.3. The van der Waals surface area contributed by atoms with E-state index in [0.717, 1.165) is 77.7 Å². The van der Waals surface area contributed by atoms with Gasteiger partial charge >= 0.3 is 0 Å². The SMILES string of the molecule is c1ccc(-c2nc(-c3cc(-c4ccc5ccccc5c4)cc(-c4cccc5c4oc4ccccc45)c3)cc(-c3cc4ccccc4c4ccccc34)n2)cc1. The highest BCUT2D eigenvalue weighted by Crippen LogP contribution is 2.41. The lowest BCUT2D eigenvalue weighted by molar-refractivity contribution is 0.670. The van der Waals surface area contributed by atoms with E-state index in [4.69, 9.17) is 14.4 Å². The molecule has 0 amide bonds. The minimum Gasteiger partial charge on any atom is -0.455 e. The van der Waals surface area contributed by atoms with E-state index in [1.807, 2.05) is 30.3 Å². The highest BCUT2D eigenvalue weighted by Gasteiger charge is 2.18. The number of nitrogens with zero attached hydrogens (tertiary/aromatic N) is 2. The Hall–Kier alpha value is -7.36. The molecule has 0 saturated heterocycles. The zero-order valence-corrected chi connectivity index (χ0v) is 29.8. The molecule has 0 radical (unpaired) electrons. The third-order valence-corrected chi connectivity index (χ3v) is 10.8. The van der Waals surface area contributed by atoms with Crippen LogP contribution in [-0.2, 0) is 0 Å². The molecule has 0 saturated carbocycles. The highest BCUT2D eigenvalue weighted by atomic mass is 16.3. The average molecular weight is 701 g/mol. The molecular weight excluding hydrogens is 669 g/mol. The highest BCUT2D eigenvalue weighted by molar-refractivity contribution is 6.14. The molecule has 0 unspecified atom stereocenters. The second-order valence-electron chi connectivity index (χ2n) is 14.2. The molecule has 2 aromatic heterocycles. The maximum atomic E-state index is 6.59. The first-order chi connectivity index (χ1) is 27.2. The van der Waals surface area contributed by atoms with Crippen molar-refractivity contribution in [2.75, 3.05) is 0 Å². The topological polar surface area (TPSA) is 38.9 Å². The van der Waals surface area contributed by atoms with Crippen LogP contribution in [0.25, 0.3) is 110 Å². The van der Waals surface area contributed by atoms with E-state index < -0.39 is 0 Å². The van der Waals surface area contributed by atoms with Crippen molar-refractivity contribution < 1.29 is 4.42 Å². The molecular formula is C52H32N2O. The van der Waals surface area contributed by atoms with Crippen LogP contribution in [0.1, 0.15) is 0 Å². The van der Waals surface area contributed by atoms with E-state index in [2.05, 4.69) is 164 Å². The van der Waals surface area contributed by atoms with Gasteiger partial charge < -0.3 is 4.42 Å². The lowest BCUT2D eigenvalue weighted by atomic mass is 9.92. The van der Waals surface area contributed by atoms with Crippen LogP contribution in [0.5, 0.6) is 0 Å². The summed E-state index contributed by atoms with van der Waals surface area (Å²) in [6.45, 7) is 0. The molecule has 0 aliphatic carbocycles. The summed E-state index contributed by atoms with van der Waals surface area (Å²) < 4.78 is 6.59. The molecule has 0 aliphatic heterocycles. The number of hydrogen-bond donors (Lipinski definition) is 0. The van der Waals surface area contributed by atoms with Gasteiger partial charge in [0.05, 0.1) is 11.4 Å². The van der Waals surface area contributed by atoms with Crippen LogP contribution in [0.4, 0.5) is 0 Å². The van der Waals surface area contributed by atoms with Crippen molar-refractivity contribution >= 4 is 54.3 Å². The minimum absolute atomic E-state index is 0.683. The number of furan rings is 1. The Morgan fingerprint density at radius 2 is 0.964 bits per heavy atom. The summed E-state index contributed by atoms with van der Waals surface area (Å²) >= 11 is 0. The Morgan fingerprint density at radius 3 is 1.84 bits per heavy atom. The lowest BCUT2D eigenvalue weighted by Gasteiger charge is -2.15. The van der Waals surface area contributed by atoms with Gasteiger partial charge in [0.25, 0.3) is 0 Å². The van der Waals surface area contributed by atoms with E-state index in [-0.39, 0.29) is 0 Å². The van der Waals surface area contributed by atoms with Crippen molar-refractivity contribution in [1.82, 2.24) is 9.97 Å². The van der Waals surface area contributed by atoms with Gasteiger partial charge in [0, 0.05) is 33.0 Å². The second kappa shape index (κ2) is 12.6. The van der Waals surface area contributed by atoms with E-state index in [1.165, 1.54) is 26.9 Å². The van der Waals surface area contributed by atoms with E-state index >= 15 is 0 Å². The summed E-state index contributed by atoms with van der Waals surface area (Å²) in [5.74, 6) is 0.683. The number of benzene rings is 9. The summed E-state index contributed by atoms with van der Waals surface area (Å²) in [6.07, 6.45) is 0. The van der Waals surface area contributed by atoms with Gasteiger partial charge in [0.15, 0.2) is 5.82 Å². The van der Waals surface area contributed by atoms with Gasteiger partial charge in [-0.2, -0.15) is 0 Å². The molecule has 256 valence electrons. The number of hydrogen-bond acceptors (Lipinski definition) is 3. The summed E-state index contributed by atoms with van der Waals surface area (Å²) in [4.78, 5) is 10.6. The van der Waals surface area contributed by atoms with Crippen LogP contribution in [0.15, 0.2) is 199 Å². The van der Waals surface area contributed by atoms with Crippen molar-refractivity contribution in [3.8, 4) is 56.2 Å². The van der Waals surface area contributed by atoms with Gasteiger partial charge in [0.1, 0.15) is 11.2 Å². The molecule has 0 fully saturated rings. The summed E-state index contributed by atoms with van der Waals surface area (Å²) in [7, 11) is 0. The number of fused-ring (bicyclic) bond motifs is 7. The molecule has 11 rings (SSSR count). The molecule has 9 aromatic carbocycles. The van der Waals surface area contributed by atoms with Crippen molar-refractivity contribution in [3.63, 3.8) is 0 Å². The Morgan fingerprint density at radius 1 is 0.309 bits per heavy atom. The number of para-hydroxylation sites is 2. The van der Waals surface area contributed by atoms with Crippen LogP contribution in [-0.4, -0.2) is 9.97 Å². The predicted molar refractivity (Wildman–Crippen MR) is 229 cm³/mol. The fourth-order valence-electron chi connectivity index (χ4n) is 8.16. The third-order valence-electron chi connectivity index (χ3n) is 10.8. The van der Waals surface area contributed by atoms with Gasteiger partial charge in [-0.1, -0.05) is 152 Å². The molecule has 3 nitrogen and oxygen atoms in total. The van der Waals surface area contributed by atoms with Crippen molar-refractivity contribution in [2.24, 2.45) is 0 Å². The first kappa shape index (κ1) is 31.2. The Labute approximate surface area is 317 Å². The maximum absolute atomic E-state index is 6.59. The quantitative estimate of drug-likeness (QED) is 0.168. The molecule has 11 aromatic rings. The molecule has 0 aliphatic rings. The van der Waals surface area contributed by atoms with E-state index in [1.54, 1.807) is 0 Å². The lowest BCUT2D eigenvalue weighted by Crippen LogP contribution is -1.97. The van der Waals surface area contributed by atoms with Crippen molar-refractivity contribution in [3.05, 3.63) is 194 Å². The Balaban J connectivity index is 1.19. The van der Waals surface area contributed by atoms with Crippen LogP contribution in [0, 0.1) is 0 Å². The molecule has 55 heavy (non-hydrogen) atoms. The van der Waals surface area contributed by atoms with Gasteiger partial charge in [-0.3, -0.25) is 0 Å². The van der Waals surface area contributed by atoms with E-state index in [0.29, 0.717) is 5.82 Å². The molecule has 2 heterocycles. The smallest absolute Gasteiger partial charge is 0.160 e. The third kappa shape index (κ3) is 5.36. The molecule has 0 spiro atoms.